The first-order valence-electron chi connectivity index (χ1n) is 10.0. The van der Waals surface area contributed by atoms with E-state index in [-0.39, 0.29) is 29.2 Å². The SMILES string of the molecule is COc1ccc(-c2ccc(-c3ccc(C4CCC(C)OC4)c(F)c3)cc2)c(F)c1F. The molecule has 1 heterocycles. The quantitative estimate of drug-likeness (QED) is 0.473. The number of ether oxygens (including phenoxy) is 2. The molecule has 0 aromatic heterocycles. The van der Waals surface area contributed by atoms with E-state index in [1.807, 2.05) is 19.1 Å². The summed E-state index contributed by atoms with van der Waals surface area (Å²) in [6.45, 7) is 2.57. The van der Waals surface area contributed by atoms with Gasteiger partial charge in [-0.05, 0) is 60.2 Å². The molecular weight excluding hydrogens is 389 g/mol. The van der Waals surface area contributed by atoms with Crippen LogP contribution in [0.4, 0.5) is 13.2 Å². The van der Waals surface area contributed by atoms with Gasteiger partial charge in [-0.1, -0.05) is 36.4 Å². The van der Waals surface area contributed by atoms with Gasteiger partial charge in [-0.15, -0.1) is 0 Å². The number of hydrogen-bond donors (Lipinski definition) is 0. The largest absolute Gasteiger partial charge is 0.494 e. The zero-order valence-corrected chi connectivity index (χ0v) is 16.9. The Kier molecular flexibility index (Phi) is 5.82. The van der Waals surface area contributed by atoms with E-state index in [1.54, 1.807) is 24.3 Å². The van der Waals surface area contributed by atoms with Gasteiger partial charge in [0, 0.05) is 11.5 Å². The summed E-state index contributed by atoms with van der Waals surface area (Å²) in [5.74, 6) is -2.28. The van der Waals surface area contributed by atoms with Crippen LogP contribution < -0.4 is 4.74 Å². The van der Waals surface area contributed by atoms with Crippen molar-refractivity contribution in [2.24, 2.45) is 0 Å². The lowest BCUT2D eigenvalue weighted by atomic mass is 9.90. The molecule has 0 radical (unpaired) electrons. The maximum Gasteiger partial charge on any atom is 0.201 e. The topological polar surface area (TPSA) is 18.5 Å². The number of hydrogen-bond acceptors (Lipinski definition) is 2. The Labute approximate surface area is 174 Å². The molecule has 30 heavy (non-hydrogen) atoms. The van der Waals surface area contributed by atoms with Gasteiger partial charge in [-0.2, -0.15) is 4.39 Å². The summed E-state index contributed by atoms with van der Waals surface area (Å²) in [7, 11) is 1.29. The molecule has 1 fully saturated rings. The standard InChI is InChI=1S/C25H23F3O2/c1-15-3-4-19(14-30-15)20-10-9-18(13-22(20)26)16-5-7-17(8-6-16)21-11-12-23(29-2)25(28)24(21)27/h5-13,15,19H,3-4,14H2,1-2H3. The van der Waals surface area contributed by atoms with E-state index in [4.69, 9.17) is 9.47 Å². The summed E-state index contributed by atoms with van der Waals surface area (Å²) in [5.41, 5.74) is 2.88. The Balaban J connectivity index is 1.57. The molecule has 2 atom stereocenters. The second-order valence-corrected chi connectivity index (χ2v) is 7.68. The molecule has 0 aliphatic carbocycles. The molecule has 0 saturated carbocycles. The minimum absolute atomic E-state index is 0.0746. The summed E-state index contributed by atoms with van der Waals surface area (Å²) in [5, 5.41) is 0. The molecule has 3 aromatic rings. The second-order valence-electron chi connectivity index (χ2n) is 7.68. The van der Waals surface area contributed by atoms with Gasteiger partial charge in [-0.3, -0.25) is 0 Å². The van der Waals surface area contributed by atoms with E-state index in [2.05, 4.69) is 0 Å². The predicted octanol–water partition coefficient (Wildman–Crippen LogP) is 6.73. The molecule has 156 valence electrons. The molecule has 0 amide bonds. The highest BCUT2D eigenvalue weighted by molar-refractivity contribution is 5.71. The van der Waals surface area contributed by atoms with Crippen LogP contribution in [0.3, 0.4) is 0 Å². The molecule has 3 aromatic carbocycles. The highest BCUT2D eigenvalue weighted by Crippen LogP contribution is 2.34. The van der Waals surface area contributed by atoms with Crippen LogP contribution in [0.2, 0.25) is 0 Å². The monoisotopic (exact) mass is 412 g/mol. The number of rotatable bonds is 4. The Morgan fingerprint density at radius 1 is 0.833 bits per heavy atom. The van der Waals surface area contributed by atoms with Crippen LogP contribution >= 0.6 is 0 Å². The molecule has 0 bridgehead atoms. The molecule has 2 nitrogen and oxygen atoms in total. The summed E-state index contributed by atoms with van der Waals surface area (Å²) < 4.78 is 53.6. The van der Waals surface area contributed by atoms with E-state index in [0.717, 1.165) is 24.0 Å². The Hall–Kier alpha value is -2.79. The van der Waals surface area contributed by atoms with Crippen LogP contribution in [-0.2, 0) is 4.74 Å². The first kappa shape index (κ1) is 20.5. The molecule has 5 heteroatoms. The van der Waals surface area contributed by atoms with E-state index in [1.165, 1.54) is 25.3 Å². The molecule has 1 aliphatic heterocycles. The van der Waals surface area contributed by atoms with Gasteiger partial charge in [-0.25, -0.2) is 8.78 Å². The summed E-state index contributed by atoms with van der Waals surface area (Å²) in [6, 6.07) is 15.0. The highest BCUT2D eigenvalue weighted by atomic mass is 19.2. The van der Waals surface area contributed by atoms with Crippen molar-refractivity contribution in [1.29, 1.82) is 0 Å². The Morgan fingerprint density at radius 2 is 1.53 bits per heavy atom. The lowest BCUT2D eigenvalue weighted by Crippen LogP contribution is -2.22. The third-order valence-corrected chi connectivity index (χ3v) is 5.74. The fourth-order valence-electron chi connectivity index (χ4n) is 3.92. The van der Waals surface area contributed by atoms with Crippen LogP contribution in [-0.4, -0.2) is 19.8 Å². The maximum absolute atomic E-state index is 14.8. The third-order valence-electron chi connectivity index (χ3n) is 5.74. The average molecular weight is 412 g/mol. The molecule has 1 aliphatic rings. The van der Waals surface area contributed by atoms with Gasteiger partial charge in [0.05, 0.1) is 19.8 Å². The highest BCUT2D eigenvalue weighted by Gasteiger charge is 2.23. The number of halogens is 3. The smallest absolute Gasteiger partial charge is 0.201 e. The summed E-state index contributed by atoms with van der Waals surface area (Å²) >= 11 is 0. The lowest BCUT2D eigenvalue weighted by Gasteiger charge is -2.27. The van der Waals surface area contributed by atoms with E-state index in [9.17, 15) is 13.2 Å². The molecule has 0 N–H and O–H groups in total. The molecular formula is C25H23F3O2. The van der Waals surface area contributed by atoms with Gasteiger partial charge in [0.2, 0.25) is 5.82 Å². The molecule has 0 spiro atoms. The maximum atomic E-state index is 14.8. The minimum Gasteiger partial charge on any atom is -0.494 e. The minimum atomic E-state index is -1.02. The average Bonchev–Trinajstić information content (AvgIpc) is 2.76. The fraction of sp³-hybridized carbons (Fsp3) is 0.280. The van der Waals surface area contributed by atoms with Crippen molar-refractivity contribution in [2.45, 2.75) is 31.8 Å². The van der Waals surface area contributed by atoms with Crippen molar-refractivity contribution in [3.05, 3.63) is 77.6 Å². The zero-order valence-electron chi connectivity index (χ0n) is 16.9. The third kappa shape index (κ3) is 3.94. The van der Waals surface area contributed by atoms with Gasteiger partial charge in [0.15, 0.2) is 11.6 Å². The summed E-state index contributed by atoms with van der Waals surface area (Å²) in [6.07, 6.45) is 2.07. The van der Waals surface area contributed by atoms with Gasteiger partial charge < -0.3 is 9.47 Å². The second kappa shape index (κ2) is 8.52. The van der Waals surface area contributed by atoms with E-state index >= 15 is 0 Å². The van der Waals surface area contributed by atoms with Crippen molar-refractivity contribution in [3.8, 4) is 28.0 Å². The first-order chi connectivity index (χ1) is 14.5. The van der Waals surface area contributed by atoms with Crippen molar-refractivity contribution < 1.29 is 22.6 Å². The van der Waals surface area contributed by atoms with Gasteiger partial charge in [0.25, 0.3) is 0 Å². The van der Waals surface area contributed by atoms with E-state index in [0.29, 0.717) is 17.7 Å². The van der Waals surface area contributed by atoms with Crippen molar-refractivity contribution in [3.63, 3.8) is 0 Å². The molecule has 4 rings (SSSR count). The Morgan fingerprint density at radius 3 is 2.17 bits per heavy atom. The number of methoxy groups -OCH3 is 1. The van der Waals surface area contributed by atoms with Crippen LogP contribution in [0.1, 0.15) is 31.2 Å². The number of benzene rings is 3. The van der Waals surface area contributed by atoms with Crippen molar-refractivity contribution in [2.75, 3.05) is 13.7 Å². The van der Waals surface area contributed by atoms with Crippen LogP contribution in [0.5, 0.6) is 5.75 Å². The molecule has 1 saturated heterocycles. The van der Waals surface area contributed by atoms with Crippen LogP contribution in [0.25, 0.3) is 22.3 Å². The fourth-order valence-corrected chi connectivity index (χ4v) is 3.92. The van der Waals surface area contributed by atoms with Gasteiger partial charge in [0.1, 0.15) is 5.82 Å². The van der Waals surface area contributed by atoms with Gasteiger partial charge >= 0.3 is 0 Å². The van der Waals surface area contributed by atoms with E-state index < -0.39 is 11.6 Å². The molecule has 2 unspecified atom stereocenters. The Bertz CT molecular complexity index is 1040. The van der Waals surface area contributed by atoms with Crippen LogP contribution in [0.15, 0.2) is 54.6 Å². The lowest BCUT2D eigenvalue weighted by molar-refractivity contribution is 0.0148. The zero-order chi connectivity index (χ0) is 21.3. The predicted molar refractivity (Wildman–Crippen MR) is 111 cm³/mol. The van der Waals surface area contributed by atoms with Crippen molar-refractivity contribution >= 4 is 0 Å². The first-order valence-corrected chi connectivity index (χ1v) is 10.0. The summed E-state index contributed by atoms with van der Waals surface area (Å²) in [4.78, 5) is 0. The normalized spacial score (nSPS) is 19.0. The van der Waals surface area contributed by atoms with Crippen LogP contribution in [0, 0.1) is 17.5 Å². The van der Waals surface area contributed by atoms with Crippen molar-refractivity contribution in [1.82, 2.24) is 0 Å².